The Morgan fingerprint density at radius 3 is 1.21 bits per heavy atom. The maximum Gasteiger partial charge on any atom is 0.494 e. The van der Waals surface area contributed by atoms with Gasteiger partial charge in [-0.3, -0.25) is 14.9 Å². The van der Waals surface area contributed by atoms with Crippen LogP contribution in [0.4, 0.5) is 29.7 Å². The number of fused-ring (bicyclic) bond motifs is 4. The summed E-state index contributed by atoms with van der Waals surface area (Å²) in [5, 5.41) is 7.22. The van der Waals surface area contributed by atoms with Crippen LogP contribution in [-0.2, 0) is 48.9 Å². The highest BCUT2D eigenvalue weighted by Crippen LogP contribution is 2.42. The van der Waals surface area contributed by atoms with Crippen LogP contribution in [0.5, 0.6) is 0 Å². The molecule has 0 radical (unpaired) electrons. The number of halogens is 4. The normalized spacial score (nSPS) is 17.5. The van der Waals surface area contributed by atoms with Crippen LogP contribution < -0.4 is 16.1 Å². The molecule has 0 unspecified atom stereocenters. The second-order valence-corrected chi connectivity index (χ2v) is 41.5. The lowest BCUT2D eigenvalue weighted by Gasteiger charge is -2.34. The van der Waals surface area contributed by atoms with E-state index in [1.54, 1.807) is 61.5 Å². The molecule has 18 rings (SSSR count). The number of nitrogens with one attached hydrogen (secondary N) is 2. The Kier molecular flexibility index (Phi) is 34.0. The van der Waals surface area contributed by atoms with Crippen LogP contribution in [0.2, 0.25) is 15.5 Å². The fraction of sp³-hybridized carbons (Fsp3) is 0.462. The fourth-order valence-corrected chi connectivity index (χ4v) is 19.9. The number of amides is 7. The summed E-state index contributed by atoms with van der Waals surface area (Å²) in [6.07, 6.45) is 17.6. The molecule has 2 N–H and O–H groups in total. The number of carbonyl (C=O) groups is 6. The molecule has 132 heavy (non-hydrogen) atoms. The van der Waals surface area contributed by atoms with Crippen molar-refractivity contribution in [1.82, 2.24) is 74.6 Å². The molecule has 4 fully saturated rings. The van der Waals surface area contributed by atoms with Crippen molar-refractivity contribution in [2.75, 3.05) is 137 Å². The van der Waals surface area contributed by atoms with Crippen molar-refractivity contribution in [1.29, 1.82) is 0 Å². The number of hydrogen-bond donors (Lipinski definition) is 2. The summed E-state index contributed by atoms with van der Waals surface area (Å²) >= 11 is 30.0. The summed E-state index contributed by atoms with van der Waals surface area (Å²) in [6, 6.07) is 23.8. The van der Waals surface area contributed by atoms with Crippen molar-refractivity contribution < 1.29 is 66.5 Å². The number of urea groups is 2. The van der Waals surface area contributed by atoms with Crippen LogP contribution in [0.25, 0.3) is 74.4 Å². The van der Waals surface area contributed by atoms with E-state index >= 15 is 0 Å². The number of thiophene rings is 4. The van der Waals surface area contributed by atoms with Gasteiger partial charge >= 0.3 is 42.7 Å². The van der Waals surface area contributed by atoms with Gasteiger partial charge in [-0.15, -0.1) is 45.3 Å². The first-order valence-corrected chi connectivity index (χ1v) is 48.6. The lowest BCUT2D eigenvalue weighted by molar-refractivity contribution is -0.153. The predicted octanol–water partition coefficient (Wildman–Crippen LogP) is 18.8. The van der Waals surface area contributed by atoms with E-state index in [-0.39, 0.29) is 54.2 Å². The van der Waals surface area contributed by atoms with Gasteiger partial charge in [0.25, 0.3) is 0 Å². The first-order valence-electron chi connectivity index (χ1n) is 43.8. The molecule has 16 heterocycles. The molecule has 0 spiro atoms. The van der Waals surface area contributed by atoms with Crippen molar-refractivity contribution in [2.24, 2.45) is 0 Å². The predicted molar refractivity (Wildman–Crippen MR) is 525 cm³/mol. The molecule has 10 aromatic rings. The average Bonchev–Trinajstić information content (AvgIpc) is 1.64. The van der Waals surface area contributed by atoms with E-state index in [1.165, 1.54) is 46.2 Å². The van der Waals surface area contributed by atoms with Crippen LogP contribution in [0, 0.1) is 0 Å². The lowest BCUT2D eigenvalue weighted by Crippen LogP contribution is -2.49. The maximum atomic E-state index is 12.8. The Hall–Kier alpha value is -9.44. The Morgan fingerprint density at radius 1 is 0.455 bits per heavy atom. The topological polar surface area (TPSA) is 323 Å². The molecule has 0 atom stereocenters. The molecular weight excluding hydrogens is 1850 g/mol. The third kappa shape index (κ3) is 27.5. The van der Waals surface area contributed by atoms with Crippen molar-refractivity contribution in [3.05, 3.63) is 163 Å². The van der Waals surface area contributed by atoms with E-state index in [1.807, 2.05) is 164 Å². The van der Waals surface area contributed by atoms with Crippen LogP contribution in [0.15, 0.2) is 122 Å². The largest absolute Gasteiger partial charge is 0.494 e. The quantitative estimate of drug-likeness (QED) is 0.0338. The molecule has 30 nitrogen and oxygen atoms in total. The SMILES string of the molecule is CC(C)(C)OC(=O)Cc1ccc(B2OC(C)(C)C(C)(C)O2)cc1.CC(C)(C)OC(=O)N1CC=C(c2cc3ncnc(Cl)c3s2)CC1.CC(C)(C)OC(=O)Nc1ccc(-c2ncnc3cc(C4=CCN(C(=O)N5CCOCC5)CC4)sc23)cc1.Clc1ncnc2cc(C3=CCNCC3)sc12.O=C(Cl)N1CCOCC1.O=C(N1CC=C(c2cc3ncnc(Cl)c3s2)CC1)N1CCOCC1. The zero-order chi connectivity index (χ0) is 94.2. The zero-order valence-corrected chi connectivity index (χ0v) is 82.7. The number of esters is 1. The van der Waals surface area contributed by atoms with Gasteiger partial charge in [-0.1, -0.05) is 95.5 Å². The lowest BCUT2D eigenvalue weighted by atomic mass is 9.79. The smallest absolute Gasteiger partial charge is 0.460 e. The highest BCUT2D eigenvalue weighted by atomic mass is 35.5. The number of morpholine rings is 3. The van der Waals surface area contributed by atoms with Crippen molar-refractivity contribution in [2.45, 2.75) is 150 Å². The van der Waals surface area contributed by atoms with E-state index in [0.717, 1.165) is 123 Å². The molecular formula is C93H111BCl4N16O14S4. The molecule has 8 aliphatic heterocycles. The van der Waals surface area contributed by atoms with E-state index in [0.29, 0.717) is 133 Å². The molecule has 8 aliphatic rings. The number of carbonyl (C=O) groups excluding carboxylic acids is 6. The van der Waals surface area contributed by atoms with E-state index < -0.39 is 22.9 Å². The molecule has 7 amide bonds. The second-order valence-electron chi connectivity index (χ2n) is 35.9. The van der Waals surface area contributed by atoms with E-state index in [2.05, 4.69) is 93.0 Å². The molecule has 0 saturated carbocycles. The number of nitrogens with zero attached hydrogens (tertiary/aromatic N) is 14. The van der Waals surface area contributed by atoms with E-state index in [4.69, 9.17) is 84.1 Å². The van der Waals surface area contributed by atoms with Crippen LogP contribution in [0.3, 0.4) is 0 Å². The summed E-state index contributed by atoms with van der Waals surface area (Å²) in [5.74, 6) is -0.221. The summed E-state index contributed by atoms with van der Waals surface area (Å²) in [4.78, 5) is 121. The molecule has 0 bridgehead atoms. The van der Waals surface area contributed by atoms with Gasteiger partial charge in [0.15, 0.2) is 0 Å². The number of anilines is 1. The van der Waals surface area contributed by atoms with Crippen molar-refractivity contribution in [3.63, 3.8) is 0 Å². The summed E-state index contributed by atoms with van der Waals surface area (Å²) in [7, 11) is -0.379. The highest BCUT2D eigenvalue weighted by Gasteiger charge is 2.52. The summed E-state index contributed by atoms with van der Waals surface area (Å²) < 4.78 is 47.6. The molecule has 8 aromatic heterocycles. The number of aromatic nitrogens is 8. The first-order chi connectivity index (χ1) is 62.9. The highest BCUT2D eigenvalue weighted by molar-refractivity contribution is 7.21. The fourth-order valence-electron chi connectivity index (χ4n) is 14.6. The zero-order valence-electron chi connectivity index (χ0n) is 76.4. The van der Waals surface area contributed by atoms with Gasteiger partial charge in [0.05, 0.1) is 104 Å². The Balaban J connectivity index is 0.000000140. The Morgan fingerprint density at radius 2 is 0.841 bits per heavy atom. The number of benzene rings is 2. The summed E-state index contributed by atoms with van der Waals surface area (Å²) in [5.41, 5.74) is 10.8. The standard InChI is InChI=1S/C27H31N5O4S.C18H27BO4.C16H17ClN4O2S.C16H18ClN3O2S.C11H10ClN3S.C5H8ClNO2/c1-27(2,3)36-25(33)30-20-6-4-19(5-7-20)23-24-21(28-17-29-23)16-22(37-24)18-8-10-31(11-9-18)26(34)32-12-14-35-15-13-32;1-16(2,3)21-15(20)12-13-8-10-14(11-9-13)19-22-17(4,5)18(6,7)23-19;17-15-14-12(18-10-19-15)9-13(24-14)11-1-3-20(4-2-11)16(22)21-5-7-23-8-6-21;1-16(2,3)22-15(21)20-6-4-10(5-7-20)12-8-11-13(23-12)14(17)19-9-18-11;12-11-10-8(14-6-15-11)5-9(16-10)7-1-3-13-4-2-7;6-5(8)7-1-3-9-4-2-7/h4-8,16-17H,9-15H2,1-3H3,(H,30,33);8-11H,12H2,1-7H3;1,9-10H,2-8H2;4,8-9H,5-7H2,1-3H3;1,5-6,13H,2-4H2;1-4H2. The minimum Gasteiger partial charge on any atom is -0.460 e. The molecule has 4 saturated heterocycles. The van der Waals surface area contributed by atoms with Crippen molar-refractivity contribution >= 4 is 209 Å². The molecule has 0 aliphatic carbocycles. The molecule has 39 heteroatoms. The van der Waals surface area contributed by atoms with Crippen LogP contribution in [0.1, 0.15) is 141 Å². The first kappa shape index (κ1) is 100. The van der Waals surface area contributed by atoms with Gasteiger partial charge < -0.3 is 72.4 Å². The number of ether oxygens (including phenoxy) is 6. The maximum absolute atomic E-state index is 12.8. The van der Waals surface area contributed by atoms with Gasteiger partial charge in [0.1, 0.15) is 57.6 Å². The summed E-state index contributed by atoms with van der Waals surface area (Å²) in [6.45, 7) is 38.3. The van der Waals surface area contributed by atoms with Crippen LogP contribution in [-0.4, -0.2) is 271 Å². The van der Waals surface area contributed by atoms with Gasteiger partial charge in [-0.25, -0.2) is 59.0 Å². The molecule has 2 aromatic carbocycles. The molecule has 702 valence electrons. The minimum atomic E-state index is -0.558. The van der Waals surface area contributed by atoms with Gasteiger partial charge in [-0.05, 0) is 204 Å². The van der Waals surface area contributed by atoms with Crippen LogP contribution >= 0.6 is 91.8 Å². The van der Waals surface area contributed by atoms with Gasteiger partial charge in [0, 0.05) is 116 Å². The van der Waals surface area contributed by atoms with Gasteiger partial charge in [-0.2, -0.15) is 0 Å². The average molecular weight is 1960 g/mol. The van der Waals surface area contributed by atoms with E-state index in [9.17, 15) is 28.8 Å². The third-order valence-corrected chi connectivity index (χ3v) is 28.4. The number of rotatable bonds is 9. The van der Waals surface area contributed by atoms with Gasteiger partial charge in [0.2, 0.25) is 0 Å². The second kappa shape index (κ2) is 44.8. The number of hydrogen-bond acceptors (Lipinski definition) is 27. The monoisotopic (exact) mass is 1950 g/mol. The van der Waals surface area contributed by atoms with Crippen molar-refractivity contribution in [3.8, 4) is 11.3 Å². The third-order valence-electron chi connectivity index (χ3n) is 22.2. The Labute approximate surface area is 804 Å². The minimum absolute atomic E-state index is 0.0905. The Bertz CT molecular complexity index is 5860.